The van der Waals surface area contributed by atoms with Crippen molar-refractivity contribution in [2.75, 3.05) is 12.0 Å². The van der Waals surface area contributed by atoms with Gasteiger partial charge in [-0.3, -0.25) is 20.4 Å². The predicted molar refractivity (Wildman–Crippen MR) is 72.0 cm³/mol. The quantitative estimate of drug-likeness (QED) is 0.477. The fraction of sp³-hybridized carbons (Fsp3) is 0.385. The Balaban J connectivity index is 0.000000956. The molecule has 1 fully saturated rings. The largest absolute Gasteiger partial charge is 0.390 e. The van der Waals surface area contributed by atoms with E-state index in [1.807, 2.05) is 13.8 Å². The van der Waals surface area contributed by atoms with E-state index < -0.39 is 29.7 Å². The first-order valence-electron chi connectivity index (χ1n) is 6.36. The molecule has 1 aliphatic heterocycles. The number of halogens is 1. The van der Waals surface area contributed by atoms with E-state index in [0.29, 0.717) is 0 Å². The lowest BCUT2D eigenvalue weighted by molar-refractivity contribution is -0.135. The summed E-state index contributed by atoms with van der Waals surface area (Å²) in [5.41, 5.74) is 4.64. The van der Waals surface area contributed by atoms with Gasteiger partial charge in [-0.15, -0.1) is 0 Å². The van der Waals surface area contributed by atoms with Crippen molar-refractivity contribution in [2.24, 2.45) is 5.92 Å². The number of anilines is 1. The van der Waals surface area contributed by atoms with Crippen LogP contribution >= 0.6 is 0 Å². The Morgan fingerprint density at radius 3 is 2.60 bits per heavy atom. The maximum atomic E-state index is 13.2. The normalized spacial score (nSPS) is 20.5. The number of hydrazine groups is 1. The maximum Gasteiger partial charge on any atom is 0.253 e. The highest BCUT2D eigenvalue weighted by Gasteiger charge is 2.39. The smallest absolute Gasteiger partial charge is 0.253 e. The van der Waals surface area contributed by atoms with Gasteiger partial charge in [0.15, 0.2) is 0 Å². The second-order valence-electron chi connectivity index (χ2n) is 3.88. The van der Waals surface area contributed by atoms with Crippen LogP contribution in [0.3, 0.4) is 0 Å². The predicted octanol–water partition coefficient (Wildman–Crippen LogP) is 0.402. The maximum absolute atomic E-state index is 13.2. The molecule has 7 heteroatoms. The van der Waals surface area contributed by atoms with Crippen LogP contribution in [0.5, 0.6) is 0 Å². The number of carbonyl (C=O) groups is 2. The van der Waals surface area contributed by atoms with E-state index in [0.717, 1.165) is 0 Å². The summed E-state index contributed by atoms with van der Waals surface area (Å²) in [4.78, 5) is 22.9. The van der Waals surface area contributed by atoms with Crippen LogP contribution in [0.4, 0.5) is 10.1 Å². The van der Waals surface area contributed by atoms with E-state index in [4.69, 9.17) is 0 Å². The lowest BCUT2D eigenvalue weighted by Crippen LogP contribution is -2.42. The fourth-order valence-corrected chi connectivity index (χ4v) is 1.67. The summed E-state index contributed by atoms with van der Waals surface area (Å²) in [5, 5.41) is 11.8. The molecule has 0 radical (unpaired) electrons. The van der Waals surface area contributed by atoms with Gasteiger partial charge in [-0.05, 0) is 12.1 Å². The first kappa shape index (κ1) is 15.9. The topological polar surface area (TPSA) is 90.5 Å². The third kappa shape index (κ3) is 3.67. The van der Waals surface area contributed by atoms with Crippen molar-refractivity contribution in [3.05, 3.63) is 30.1 Å². The molecule has 1 aliphatic rings. The monoisotopic (exact) mass is 283 g/mol. The number of hydrogen-bond donors (Lipinski definition) is 4. The van der Waals surface area contributed by atoms with Crippen molar-refractivity contribution < 1.29 is 19.1 Å². The van der Waals surface area contributed by atoms with Crippen molar-refractivity contribution in [3.8, 4) is 0 Å². The number of amides is 2. The molecule has 0 spiro atoms. The molecule has 1 aromatic rings. The van der Waals surface area contributed by atoms with Crippen LogP contribution in [0.25, 0.3) is 0 Å². The number of hydrogen-bond acceptors (Lipinski definition) is 4. The van der Waals surface area contributed by atoms with Crippen LogP contribution in [0, 0.1) is 11.7 Å². The Morgan fingerprint density at radius 1 is 1.40 bits per heavy atom. The molecule has 1 aromatic carbocycles. The minimum absolute atomic E-state index is 0.0383. The molecular formula is C13H18FN3O3. The molecule has 0 bridgehead atoms. The molecule has 1 saturated heterocycles. The fourth-order valence-electron chi connectivity index (χ4n) is 1.67. The molecule has 110 valence electrons. The van der Waals surface area contributed by atoms with Gasteiger partial charge in [-0.25, -0.2) is 4.39 Å². The highest BCUT2D eigenvalue weighted by Crippen LogP contribution is 2.13. The molecule has 20 heavy (non-hydrogen) atoms. The van der Waals surface area contributed by atoms with Crippen LogP contribution in [0.1, 0.15) is 13.8 Å². The van der Waals surface area contributed by atoms with E-state index in [1.165, 1.54) is 18.2 Å². The van der Waals surface area contributed by atoms with Crippen molar-refractivity contribution in [3.63, 3.8) is 0 Å². The summed E-state index contributed by atoms with van der Waals surface area (Å²) in [6.45, 7) is 4.04. The molecule has 0 aliphatic carbocycles. The number of aliphatic hydroxyl groups excluding tert-OH is 1. The Morgan fingerprint density at radius 2 is 2.05 bits per heavy atom. The SMILES string of the molecule is CC.O=C1NCC(O)C1C(=O)NNc1ccccc1F. The highest BCUT2D eigenvalue weighted by molar-refractivity contribution is 6.02. The summed E-state index contributed by atoms with van der Waals surface area (Å²) in [7, 11) is 0. The van der Waals surface area contributed by atoms with Crippen LogP contribution in [-0.4, -0.2) is 29.6 Å². The summed E-state index contributed by atoms with van der Waals surface area (Å²) in [5.74, 6) is -2.96. The molecule has 0 aromatic heterocycles. The Bertz CT molecular complexity index is 482. The van der Waals surface area contributed by atoms with Gasteiger partial charge in [-0.2, -0.15) is 0 Å². The molecule has 1 heterocycles. The zero-order valence-electron chi connectivity index (χ0n) is 11.3. The van der Waals surface area contributed by atoms with Gasteiger partial charge in [-0.1, -0.05) is 26.0 Å². The first-order valence-corrected chi connectivity index (χ1v) is 6.36. The van der Waals surface area contributed by atoms with Gasteiger partial charge in [0.05, 0.1) is 11.8 Å². The lowest BCUT2D eigenvalue weighted by Gasteiger charge is -2.13. The third-order valence-corrected chi connectivity index (χ3v) is 2.63. The minimum Gasteiger partial charge on any atom is -0.390 e. The van der Waals surface area contributed by atoms with Gasteiger partial charge in [0.2, 0.25) is 5.91 Å². The zero-order valence-corrected chi connectivity index (χ0v) is 11.3. The number of aliphatic hydroxyl groups is 1. The van der Waals surface area contributed by atoms with Gasteiger partial charge in [0, 0.05) is 6.54 Å². The summed E-state index contributed by atoms with van der Waals surface area (Å²) < 4.78 is 13.2. The zero-order chi connectivity index (χ0) is 15.1. The second-order valence-corrected chi connectivity index (χ2v) is 3.88. The number of benzene rings is 1. The molecule has 4 N–H and O–H groups in total. The van der Waals surface area contributed by atoms with Crippen molar-refractivity contribution in [1.82, 2.24) is 10.7 Å². The number of carbonyl (C=O) groups excluding carboxylic acids is 2. The Labute approximate surface area is 116 Å². The average Bonchev–Trinajstić information content (AvgIpc) is 2.79. The molecule has 2 rings (SSSR count). The second kappa shape index (κ2) is 7.44. The van der Waals surface area contributed by atoms with E-state index in [-0.39, 0.29) is 12.2 Å². The third-order valence-electron chi connectivity index (χ3n) is 2.63. The minimum atomic E-state index is -1.18. The number of β-amino-alcohol motifs (C(OH)–C–C–N with tert-alkyl or cyclic N) is 1. The summed E-state index contributed by atoms with van der Waals surface area (Å²) >= 11 is 0. The Hall–Kier alpha value is -2.15. The highest BCUT2D eigenvalue weighted by atomic mass is 19.1. The van der Waals surface area contributed by atoms with Crippen molar-refractivity contribution >= 4 is 17.5 Å². The van der Waals surface area contributed by atoms with E-state index in [2.05, 4.69) is 16.2 Å². The number of rotatable bonds is 3. The molecule has 6 nitrogen and oxygen atoms in total. The first-order chi connectivity index (χ1) is 9.59. The standard InChI is InChI=1S/C11H12FN3O3.C2H6/c12-6-3-1-2-4-7(6)14-15-11(18)9-8(16)5-13-10(9)17;1-2/h1-4,8-9,14,16H,5H2,(H,13,17)(H,15,18);1-2H3. The van der Waals surface area contributed by atoms with Crippen LogP contribution in [0.2, 0.25) is 0 Å². The van der Waals surface area contributed by atoms with Gasteiger partial charge in [0.1, 0.15) is 11.7 Å². The molecule has 2 atom stereocenters. The molecule has 0 saturated carbocycles. The van der Waals surface area contributed by atoms with Crippen molar-refractivity contribution in [2.45, 2.75) is 20.0 Å². The van der Waals surface area contributed by atoms with Crippen LogP contribution in [-0.2, 0) is 9.59 Å². The van der Waals surface area contributed by atoms with E-state index >= 15 is 0 Å². The van der Waals surface area contributed by atoms with Gasteiger partial charge >= 0.3 is 0 Å². The summed E-state index contributed by atoms with van der Waals surface area (Å²) in [6, 6.07) is 5.76. The number of nitrogens with one attached hydrogen (secondary N) is 3. The molecule has 2 amide bonds. The summed E-state index contributed by atoms with van der Waals surface area (Å²) in [6.07, 6.45) is -1.07. The van der Waals surface area contributed by atoms with Gasteiger partial charge in [0.25, 0.3) is 5.91 Å². The lowest BCUT2D eigenvalue weighted by atomic mass is 10.1. The number of para-hydroxylation sites is 1. The Kier molecular flexibility index (Phi) is 5.92. The van der Waals surface area contributed by atoms with Crippen LogP contribution in [0.15, 0.2) is 24.3 Å². The van der Waals surface area contributed by atoms with Crippen LogP contribution < -0.4 is 16.2 Å². The van der Waals surface area contributed by atoms with Crippen molar-refractivity contribution in [1.29, 1.82) is 0 Å². The van der Waals surface area contributed by atoms with E-state index in [9.17, 15) is 19.1 Å². The molecular weight excluding hydrogens is 265 g/mol. The average molecular weight is 283 g/mol. The van der Waals surface area contributed by atoms with Gasteiger partial charge < -0.3 is 10.4 Å². The van der Waals surface area contributed by atoms with E-state index in [1.54, 1.807) is 6.07 Å². The molecule has 2 unspecified atom stereocenters.